The highest BCUT2D eigenvalue weighted by molar-refractivity contribution is 6.13. The summed E-state index contributed by atoms with van der Waals surface area (Å²) in [4.78, 5) is 4.56. The van der Waals surface area contributed by atoms with Crippen molar-refractivity contribution in [2.75, 3.05) is 21.0 Å². The van der Waals surface area contributed by atoms with Gasteiger partial charge in [0.25, 0.3) is 0 Å². The lowest BCUT2D eigenvalue weighted by Gasteiger charge is -2.10. The van der Waals surface area contributed by atoms with Crippen LogP contribution in [0, 0.1) is 0 Å². The standard InChI is InChI=1S/C18H13N3O4/c1-22-14-4-10-12(5-15(14)23-2)19-7-11-9-3-16-17(25-8-24-16)6-13(9)20-21-18(10)11/h3-7H,8H2,1-2H3. The number of fused-ring (bicyclic) bond motifs is 6. The highest BCUT2D eigenvalue weighted by atomic mass is 16.7. The number of methoxy groups -OCH3 is 2. The Morgan fingerprint density at radius 1 is 0.800 bits per heavy atom. The van der Waals surface area contributed by atoms with Crippen LogP contribution in [0.4, 0.5) is 0 Å². The third kappa shape index (κ3) is 1.95. The molecule has 0 radical (unpaired) electrons. The Hall–Kier alpha value is -3.35. The minimum Gasteiger partial charge on any atom is -0.493 e. The SMILES string of the molecule is COc1cc2ncc3c4cc5c(cc4nnc3c2cc1OC)OCO5. The van der Waals surface area contributed by atoms with E-state index in [0.29, 0.717) is 23.0 Å². The van der Waals surface area contributed by atoms with Gasteiger partial charge in [-0.05, 0) is 12.1 Å². The van der Waals surface area contributed by atoms with Crippen LogP contribution in [0.15, 0.2) is 30.5 Å². The molecule has 5 rings (SSSR count). The third-order valence-corrected chi connectivity index (χ3v) is 4.38. The van der Waals surface area contributed by atoms with Gasteiger partial charge in [0.1, 0.15) is 5.52 Å². The average Bonchev–Trinajstić information content (AvgIpc) is 3.11. The van der Waals surface area contributed by atoms with Crippen molar-refractivity contribution < 1.29 is 18.9 Å². The fourth-order valence-electron chi connectivity index (χ4n) is 3.14. The van der Waals surface area contributed by atoms with Crippen LogP contribution in [0.25, 0.3) is 32.7 Å². The normalized spacial score (nSPS) is 12.9. The zero-order valence-corrected chi connectivity index (χ0v) is 13.6. The number of nitrogens with zero attached hydrogens (tertiary/aromatic N) is 3. The molecule has 0 unspecified atom stereocenters. The van der Waals surface area contributed by atoms with Gasteiger partial charge in [-0.2, -0.15) is 0 Å². The minimum atomic E-state index is 0.217. The molecule has 0 saturated heterocycles. The summed E-state index contributed by atoms with van der Waals surface area (Å²) in [5, 5.41) is 11.4. The Bertz CT molecular complexity index is 1160. The fourth-order valence-corrected chi connectivity index (χ4v) is 3.14. The van der Waals surface area contributed by atoms with Crippen LogP contribution in [-0.2, 0) is 0 Å². The summed E-state index contributed by atoms with van der Waals surface area (Å²) in [6.45, 7) is 0.217. The number of rotatable bonds is 2. The van der Waals surface area contributed by atoms with Gasteiger partial charge in [-0.3, -0.25) is 4.98 Å². The largest absolute Gasteiger partial charge is 0.493 e. The van der Waals surface area contributed by atoms with Crippen molar-refractivity contribution in [2.45, 2.75) is 0 Å². The first kappa shape index (κ1) is 14.0. The summed E-state index contributed by atoms with van der Waals surface area (Å²) in [5.41, 5.74) is 2.25. The predicted octanol–water partition coefficient (Wildman–Crippen LogP) is 3.08. The van der Waals surface area contributed by atoms with Gasteiger partial charge in [-0.1, -0.05) is 0 Å². The first-order chi connectivity index (χ1) is 12.3. The van der Waals surface area contributed by atoms with E-state index >= 15 is 0 Å². The summed E-state index contributed by atoms with van der Waals surface area (Å²) in [7, 11) is 3.20. The fraction of sp³-hybridized carbons (Fsp3) is 0.167. The molecule has 7 heteroatoms. The molecule has 0 amide bonds. The number of aromatic nitrogens is 3. The van der Waals surface area contributed by atoms with Gasteiger partial charge < -0.3 is 18.9 Å². The van der Waals surface area contributed by atoms with Gasteiger partial charge in [-0.25, -0.2) is 0 Å². The van der Waals surface area contributed by atoms with Crippen LogP contribution >= 0.6 is 0 Å². The molecule has 7 nitrogen and oxygen atoms in total. The summed E-state index contributed by atoms with van der Waals surface area (Å²) in [6.07, 6.45) is 1.79. The Balaban J connectivity index is 1.88. The third-order valence-electron chi connectivity index (χ3n) is 4.38. The lowest BCUT2D eigenvalue weighted by atomic mass is 10.1. The zero-order chi connectivity index (χ0) is 17.0. The van der Waals surface area contributed by atoms with Crippen molar-refractivity contribution in [3.8, 4) is 23.0 Å². The van der Waals surface area contributed by atoms with Gasteiger partial charge in [-0.15, -0.1) is 10.2 Å². The van der Waals surface area contributed by atoms with E-state index in [1.807, 2.05) is 24.3 Å². The lowest BCUT2D eigenvalue weighted by molar-refractivity contribution is 0.174. The highest BCUT2D eigenvalue weighted by Crippen LogP contribution is 2.39. The van der Waals surface area contributed by atoms with Crippen LogP contribution in [0.3, 0.4) is 0 Å². The molecular formula is C18H13N3O4. The zero-order valence-electron chi connectivity index (χ0n) is 13.6. The van der Waals surface area contributed by atoms with Crippen molar-refractivity contribution in [3.63, 3.8) is 0 Å². The molecule has 2 aromatic carbocycles. The van der Waals surface area contributed by atoms with Crippen LogP contribution in [0.1, 0.15) is 0 Å². The number of ether oxygens (including phenoxy) is 4. The summed E-state index contributed by atoms with van der Waals surface area (Å²) < 4.78 is 21.6. The van der Waals surface area contributed by atoms with E-state index in [1.165, 1.54) is 0 Å². The van der Waals surface area contributed by atoms with Gasteiger partial charge in [0.05, 0.1) is 25.3 Å². The first-order valence-corrected chi connectivity index (χ1v) is 7.69. The molecule has 0 bridgehead atoms. The molecule has 0 aliphatic carbocycles. The molecule has 0 fully saturated rings. The Labute approximate surface area is 142 Å². The van der Waals surface area contributed by atoms with E-state index < -0.39 is 0 Å². The van der Waals surface area contributed by atoms with Crippen molar-refractivity contribution in [1.29, 1.82) is 0 Å². The molecule has 0 saturated carbocycles. The van der Waals surface area contributed by atoms with Crippen LogP contribution in [-0.4, -0.2) is 36.2 Å². The van der Waals surface area contributed by atoms with Crippen molar-refractivity contribution in [1.82, 2.24) is 15.2 Å². The number of hydrogen-bond acceptors (Lipinski definition) is 7. The number of pyridine rings is 1. The van der Waals surface area contributed by atoms with Gasteiger partial charge in [0.15, 0.2) is 23.0 Å². The van der Waals surface area contributed by atoms with Crippen LogP contribution in [0.5, 0.6) is 23.0 Å². The molecule has 25 heavy (non-hydrogen) atoms. The topological polar surface area (TPSA) is 75.6 Å². The molecule has 0 atom stereocenters. The van der Waals surface area contributed by atoms with E-state index in [1.54, 1.807) is 20.4 Å². The van der Waals surface area contributed by atoms with E-state index in [-0.39, 0.29) is 6.79 Å². The Morgan fingerprint density at radius 2 is 1.56 bits per heavy atom. The van der Waals surface area contributed by atoms with Crippen LogP contribution in [0.2, 0.25) is 0 Å². The maximum atomic E-state index is 5.48. The number of hydrogen-bond donors (Lipinski definition) is 0. The maximum Gasteiger partial charge on any atom is 0.231 e. The molecular weight excluding hydrogens is 322 g/mol. The summed E-state index contributed by atoms with van der Waals surface area (Å²) in [6, 6.07) is 7.46. The van der Waals surface area contributed by atoms with E-state index in [9.17, 15) is 0 Å². The smallest absolute Gasteiger partial charge is 0.231 e. The molecule has 4 aromatic rings. The molecule has 1 aliphatic rings. The minimum absolute atomic E-state index is 0.217. The summed E-state index contributed by atoms with van der Waals surface area (Å²) in [5.74, 6) is 2.63. The first-order valence-electron chi connectivity index (χ1n) is 7.69. The summed E-state index contributed by atoms with van der Waals surface area (Å²) >= 11 is 0. The average molecular weight is 335 g/mol. The lowest BCUT2D eigenvalue weighted by Crippen LogP contribution is -1.94. The molecule has 124 valence electrons. The molecule has 1 aliphatic heterocycles. The Kier molecular flexibility index (Phi) is 2.85. The van der Waals surface area contributed by atoms with Crippen molar-refractivity contribution in [2.24, 2.45) is 0 Å². The van der Waals surface area contributed by atoms with E-state index in [2.05, 4.69) is 15.2 Å². The second kappa shape index (κ2) is 5.07. The monoisotopic (exact) mass is 335 g/mol. The molecule has 0 N–H and O–H groups in total. The quantitative estimate of drug-likeness (QED) is 0.521. The van der Waals surface area contributed by atoms with Crippen molar-refractivity contribution in [3.05, 3.63) is 30.5 Å². The predicted molar refractivity (Wildman–Crippen MR) is 91.6 cm³/mol. The molecule has 3 heterocycles. The van der Waals surface area contributed by atoms with Gasteiger partial charge >= 0.3 is 0 Å². The molecule has 2 aromatic heterocycles. The number of benzene rings is 2. The second-order valence-corrected chi connectivity index (χ2v) is 5.67. The van der Waals surface area contributed by atoms with Gasteiger partial charge in [0.2, 0.25) is 6.79 Å². The van der Waals surface area contributed by atoms with Crippen molar-refractivity contribution >= 4 is 32.7 Å². The maximum absolute atomic E-state index is 5.48. The van der Waals surface area contributed by atoms with E-state index in [4.69, 9.17) is 18.9 Å². The highest BCUT2D eigenvalue weighted by Gasteiger charge is 2.18. The van der Waals surface area contributed by atoms with Crippen LogP contribution < -0.4 is 18.9 Å². The van der Waals surface area contributed by atoms with E-state index in [0.717, 1.165) is 32.7 Å². The van der Waals surface area contributed by atoms with Gasteiger partial charge in [0, 0.05) is 34.5 Å². The Morgan fingerprint density at radius 3 is 2.36 bits per heavy atom. The molecule has 0 spiro atoms. The second-order valence-electron chi connectivity index (χ2n) is 5.67.